The van der Waals surface area contributed by atoms with E-state index in [0.29, 0.717) is 5.96 Å². The number of likely N-dealkylation sites (tertiary alicyclic amines) is 1. The predicted octanol–water partition coefficient (Wildman–Crippen LogP) is 1.19. The van der Waals surface area contributed by atoms with Crippen molar-refractivity contribution in [1.82, 2.24) is 4.90 Å². The summed E-state index contributed by atoms with van der Waals surface area (Å²) in [6, 6.07) is 0.178. The molecule has 0 aromatic rings. The second-order valence-corrected chi connectivity index (χ2v) is 6.25. The summed E-state index contributed by atoms with van der Waals surface area (Å²) in [5, 5.41) is 9.68. The number of guanidine groups is 1. The molecule has 1 aliphatic heterocycles. The molecule has 1 saturated heterocycles. The van der Waals surface area contributed by atoms with E-state index in [-0.39, 0.29) is 17.6 Å². The molecule has 2 rings (SSSR count). The molecular weight excluding hydrogens is 214 g/mol. The number of aliphatic hydroxyl groups excluding tert-OH is 1. The molecular formula is C13H25N3O. The topological polar surface area (TPSA) is 61.8 Å². The SMILES string of the molecule is CC1CCN(C(N)=NC2CC(O)C2(C)C)CC1. The monoisotopic (exact) mass is 239 g/mol. The normalized spacial score (nSPS) is 34.6. The molecule has 3 N–H and O–H groups in total. The van der Waals surface area contributed by atoms with E-state index in [1.165, 1.54) is 12.8 Å². The summed E-state index contributed by atoms with van der Waals surface area (Å²) in [4.78, 5) is 6.78. The van der Waals surface area contributed by atoms with Crippen LogP contribution in [0, 0.1) is 11.3 Å². The first-order valence-electron chi connectivity index (χ1n) is 6.67. The summed E-state index contributed by atoms with van der Waals surface area (Å²) in [6.07, 6.45) is 2.92. The van der Waals surface area contributed by atoms with Gasteiger partial charge in [0, 0.05) is 18.5 Å². The van der Waals surface area contributed by atoms with Gasteiger partial charge >= 0.3 is 0 Å². The van der Waals surface area contributed by atoms with Gasteiger partial charge in [-0.05, 0) is 25.2 Å². The zero-order valence-electron chi connectivity index (χ0n) is 11.2. The highest BCUT2D eigenvalue weighted by atomic mass is 16.3. The molecule has 1 heterocycles. The highest BCUT2D eigenvalue weighted by Gasteiger charge is 2.47. The predicted molar refractivity (Wildman–Crippen MR) is 69.8 cm³/mol. The zero-order valence-corrected chi connectivity index (χ0v) is 11.2. The standard InChI is InChI=1S/C13H25N3O/c1-9-4-6-16(7-5-9)12(14)15-10-8-11(17)13(10,2)3/h9-11,17H,4-8H2,1-3H3,(H2,14,15). The van der Waals surface area contributed by atoms with Crippen LogP contribution >= 0.6 is 0 Å². The number of nitrogens with zero attached hydrogens (tertiary/aromatic N) is 2. The molecule has 1 saturated carbocycles. The summed E-state index contributed by atoms with van der Waals surface area (Å²) < 4.78 is 0. The van der Waals surface area contributed by atoms with Crippen molar-refractivity contribution in [3.8, 4) is 0 Å². The zero-order chi connectivity index (χ0) is 12.6. The van der Waals surface area contributed by atoms with Gasteiger partial charge in [-0.15, -0.1) is 0 Å². The Bertz CT molecular complexity index is 306. The maximum absolute atomic E-state index is 9.68. The molecule has 17 heavy (non-hydrogen) atoms. The van der Waals surface area contributed by atoms with Crippen LogP contribution in [0.5, 0.6) is 0 Å². The van der Waals surface area contributed by atoms with Crippen molar-refractivity contribution in [2.45, 2.75) is 52.2 Å². The second kappa shape index (κ2) is 4.48. The van der Waals surface area contributed by atoms with Crippen LogP contribution in [-0.2, 0) is 0 Å². The van der Waals surface area contributed by atoms with Gasteiger partial charge in [0.15, 0.2) is 5.96 Å². The molecule has 1 aliphatic carbocycles. The number of aliphatic hydroxyl groups is 1. The third-order valence-corrected chi connectivity index (χ3v) is 4.56. The quantitative estimate of drug-likeness (QED) is 0.534. The average molecular weight is 239 g/mol. The van der Waals surface area contributed by atoms with Crippen LogP contribution < -0.4 is 5.73 Å². The molecule has 0 bridgehead atoms. The van der Waals surface area contributed by atoms with Crippen molar-refractivity contribution in [2.24, 2.45) is 22.1 Å². The molecule has 0 aromatic heterocycles. The van der Waals surface area contributed by atoms with Crippen LogP contribution in [0.3, 0.4) is 0 Å². The van der Waals surface area contributed by atoms with Crippen molar-refractivity contribution in [1.29, 1.82) is 0 Å². The summed E-state index contributed by atoms with van der Waals surface area (Å²) in [5.74, 6) is 1.47. The molecule has 0 spiro atoms. The summed E-state index contributed by atoms with van der Waals surface area (Å²) in [7, 11) is 0. The maximum Gasteiger partial charge on any atom is 0.191 e. The average Bonchev–Trinajstić information content (AvgIpc) is 2.29. The van der Waals surface area contributed by atoms with Gasteiger partial charge in [-0.2, -0.15) is 0 Å². The Morgan fingerprint density at radius 1 is 1.35 bits per heavy atom. The van der Waals surface area contributed by atoms with E-state index in [4.69, 9.17) is 5.73 Å². The smallest absolute Gasteiger partial charge is 0.191 e. The van der Waals surface area contributed by atoms with E-state index < -0.39 is 0 Å². The molecule has 2 unspecified atom stereocenters. The molecule has 2 aliphatic rings. The number of hydrogen-bond donors (Lipinski definition) is 2. The summed E-state index contributed by atoms with van der Waals surface area (Å²) >= 11 is 0. The van der Waals surface area contributed by atoms with Gasteiger partial charge in [-0.1, -0.05) is 20.8 Å². The molecule has 0 aromatic carbocycles. The van der Waals surface area contributed by atoms with Crippen LogP contribution in [0.2, 0.25) is 0 Å². The fourth-order valence-corrected chi connectivity index (χ4v) is 2.58. The Balaban J connectivity index is 1.94. The van der Waals surface area contributed by atoms with E-state index in [0.717, 1.165) is 25.4 Å². The molecule has 0 radical (unpaired) electrons. The van der Waals surface area contributed by atoms with Crippen molar-refractivity contribution in [3.05, 3.63) is 0 Å². The number of rotatable bonds is 1. The highest BCUT2D eigenvalue weighted by Crippen LogP contribution is 2.42. The van der Waals surface area contributed by atoms with E-state index in [1.54, 1.807) is 0 Å². The fourth-order valence-electron chi connectivity index (χ4n) is 2.58. The third-order valence-electron chi connectivity index (χ3n) is 4.56. The minimum absolute atomic E-state index is 0.117. The molecule has 2 atom stereocenters. The summed E-state index contributed by atoms with van der Waals surface area (Å²) in [5.41, 5.74) is 5.95. The molecule has 4 nitrogen and oxygen atoms in total. The Hall–Kier alpha value is -0.770. The number of aliphatic imine (C=N–C) groups is 1. The number of hydrogen-bond acceptors (Lipinski definition) is 2. The van der Waals surface area contributed by atoms with Gasteiger partial charge in [0.05, 0.1) is 12.1 Å². The lowest BCUT2D eigenvalue weighted by molar-refractivity contribution is -0.0580. The van der Waals surface area contributed by atoms with Crippen LogP contribution in [0.25, 0.3) is 0 Å². The molecule has 98 valence electrons. The van der Waals surface area contributed by atoms with Crippen LogP contribution in [0.15, 0.2) is 4.99 Å². The lowest BCUT2D eigenvalue weighted by Crippen LogP contribution is -2.54. The van der Waals surface area contributed by atoms with Gasteiger partial charge in [0.1, 0.15) is 0 Å². The number of nitrogens with two attached hydrogens (primary N) is 1. The maximum atomic E-state index is 9.68. The van der Waals surface area contributed by atoms with Gasteiger partial charge in [0.25, 0.3) is 0 Å². The minimum atomic E-state index is -0.231. The van der Waals surface area contributed by atoms with E-state index in [2.05, 4.69) is 30.7 Å². The van der Waals surface area contributed by atoms with Crippen molar-refractivity contribution >= 4 is 5.96 Å². The van der Waals surface area contributed by atoms with Crippen molar-refractivity contribution in [3.63, 3.8) is 0 Å². The first-order chi connectivity index (χ1) is 7.91. The Morgan fingerprint density at radius 2 is 1.94 bits per heavy atom. The van der Waals surface area contributed by atoms with E-state index >= 15 is 0 Å². The van der Waals surface area contributed by atoms with E-state index in [1.807, 2.05) is 0 Å². The molecule has 0 amide bonds. The van der Waals surface area contributed by atoms with Gasteiger partial charge in [-0.3, -0.25) is 0 Å². The second-order valence-electron chi connectivity index (χ2n) is 6.25. The van der Waals surface area contributed by atoms with Crippen molar-refractivity contribution < 1.29 is 5.11 Å². The Morgan fingerprint density at radius 3 is 2.41 bits per heavy atom. The van der Waals surface area contributed by atoms with Crippen LogP contribution in [0.4, 0.5) is 0 Å². The minimum Gasteiger partial charge on any atom is -0.392 e. The van der Waals surface area contributed by atoms with Crippen molar-refractivity contribution in [2.75, 3.05) is 13.1 Å². The van der Waals surface area contributed by atoms with Gasteiger partial charge < -0.3 is 15.7 Å². The molecule has 4 heteroatoms. The number of piperidine rings is 1. The van der Waals surface area contributed by atoms with Gasteiger partial charge in [-0.25, -0.2) is 4.99 Å². The first-order valence-corrected chi connectivity index (χ1v) is 6.67. The first kappa shape index (κ1) is 12.7. The van der Waals surface area contributed by atoms with Crippen LogP contribution in [-0.4, -0.2) is 41.2 Å². The highest BCUT2D eigenvalue weighted by molar-refractivity contribution is 5.78. The van der Waals surface area contributed by atoms with E-state index in [9.17, 15) is 5.11 Å². The fraction of sp³-hybridized carbons (Fsp3) is 0.923. The lowest BCUT2D eigenvalue weighted by Gasteiger charge is -2.47. The van der Waals surface area contributed by atoms with Gasteiger partial charge in [0.2, 0.25) is 0 Å². The molecule has 2 fully saturated rings. The summed E-state index contributed by atoms with van der Waals surface area (Å²) in [6.45, 7) is 8.44. The third kappa shape index (κ3) is 2.41. The Labute approximate surface area is 104 Å². The Kier molecular flexibility index (Phi) is 3.34. The van der Waals surface area contributed by atoms with Crippen LogP contribution in [0.1, 0.15) is 40.0 Å². The largest absolute Gasteiger partial charge is 0.392 e. The lowest BCUT2D eigenvalue weighted by atomic mass is 9.65.